The smallest absolute Gasteiger partial charge is 0.427 e. The Morgan fingerprint density at radius 3 is 2.61 bits per heavy atom. The van der Waals surface area contributed by atoms with Crippen LogP contribution in [0.25, 0.3) is 0 Å². The molecule has 0 saturated carbocycles. The third kappa shape index (κ3) is 4.85. The van der Waals surface area contributed by atoms with Gasteiger partial charge in [-0.1, -0.05) is 12.1 Å². The lowest BCUT2D eigenvalue weighted by Gasteiger charge is -2.13. The molecule has 2 aromatic rings. The molecule has 10 nitrogen and oxygen atoms in total. The fraction of sp³-hybridized carbons (Fsp3) is 0.333. The largest absolute Gasteiger partial charge is 0.496 e. The van der Waals surface area contributed by atoms with Crippen molar-refractivity contribution in [2.75, 3.05) is 13.7 Å². The maximum Gasteiger partial charge on any atom is 0.427 e. The van der Waals surface area contributed by atoms with Crippen LogP contribution in [0.4, 0.5) is 4.79 Å². The zero-order valence-electron chi connectivity index (χ0n) is 17.5. The van der Waals surface area contributed by atoms with E-state index in [-0.39, 0.29) is 17.9 Å². The highest BCUT2D eigenvalue weighted by Crippen LogP contribution is 2.29. The highest BCUT2D eigenvalue weighted by Gasteiger charge is 2.28. The standard InChI is InChI=1S/C21H24N4O6/c1-4-30-21(28)25-22-14-9-7-11-16-17(14)12(2)18(31-16)20(27)24-23-19(26)13-8-5-6-10-15(13)29-3/h5-6,8,10H,4,7,9,11H2,1-3H3,(H,23,26)(H,24,27)(H,25,28)/b22-14+. The number of furan rings is 1. The lowest BCUT2D eigenvalue weighted by atomic mass is 9.93. The number of hydrazone groups is 1. The zero-order valence-corrected chi connectivity index (χ0v) is 17.5. The summed E-state index contributed by atoms with van der Waals surface area (Å²) in [5.41, 5.74) is 9.21. The normalized spacial score (nSPS) is 13.8. The molecule has 1 aliphatic rings. The van der Waals surface area contributed by atoms with Crippen molar-refractivity contribution in [3.8, 4) is 5.75 Å². The number of ether oxygens (including phenoxy) is 2. The Kier molecular flexibility index (Phi) is 6.91. The maximum atomic E-state index is 12.7. The molecule has 0 fully saturated rings. The van der Waals surface area contributed by atoms with Crippen molar-refractivity contribution in [1.29, 1.82) is 0 Å². The van der Waals surface area contributed by atoms with Crippen LogP contribution in [0.15, 0.2) is 33.8 Å². The number of carbonyl (C=O) groups is 3. The van der Waals surface area contributed by atoms with Gasteiger partial charge in [0.2, 0.25) is 0 Å². The van der Waals surface area contributed by atoms with E-state index in [1.807, 2.05) is 0 Å². The van der Waals surface area contributed by atoms with E-state index in [1.54, 1.807) is 38.1 Å². The summed E-state index contributed by atoms with van der Waals surface area (Å²) < 4.78 is 15.7. The molecule has 1 aliphatic carbocycles. The Hall–Kier alpha value is -3.82. The van der Waals surface area contributed by atoms with Gasteiger partial charge in [-0.2, -0.15) is 5.10 Å². The molecule has 0 aliphatic heterocycles. The van der Waals surface area contributed by atoms with Gasteiger partial charge >= 0.3 is 12.0 Å². The quantitative estimate of drug-likeness (QED) is 0.627. The van der Waals surface area contributed by atoms with Crippen molar-refractivity contribution in [2.45, 2.75) is 33.1 Å². The number of hydrogen-bond donors (Lipinski definition) is 3. The average molecular weight is 428 g/mol. The van der Waals surface area contributed by atoms with Crippen LogP contribution in [0, 0.1) is 6.92 Å². The number of amides is 3. The Bertz CT molecular complexity index is 1030. The number of rotatable bonds is 5. The maximum absolute atomic E-state index is 12.7. The van der Waals surface area contributed by atoms with Crippen LogP contribution in [0.1, 0.15) is 57.6 Å². The summed E-state index contributed by atoms with van der Waals surface area (Å²) in [5, 5.41) is 4.13. The number of hydrazine groups is 1. The van der Waals surface area contributed by atoms with Gasteiger partial charge in [0.1, 0.15) is 11.5 Å². The number of nitrogens with one attached hydrogen (secondary N) is 3. The number of carbonyl (C=O) groups excluding carboxylic acids is 3. The predicted molar refractivity (Wildman–Crippen MR) is 111 cm³/mol. The fourth-order valence-corrected chi connectivity index (χ4v) is 3.34. The summed E-state index contributed by atoms with van der Waals surface area (Å²) in [5.74, 6) is -0.0761. The molecule has 1 aromatic heterocycles. The average Bonchev–Trinajstić information content (AvgIpc) is 3.13. The molecule has 10 heteroatoms. The topological polar surface area (TPSA) is 131 Å². The second kappa shape index (κ2) is 9.79. The fourth-order valence-electron chi connectivity index (χ4n) is 3.34. The minimum absolute atomic E-state index is 0.0658. The molecule has 1 heterocycles. The highest BCUT2D eigenvalue weighted by molar-refractivity contribution is 6.07. The van der Waals surface area contributed by atoms with Gasteiger partial charge < -0.3 is 13.9 Å². The molecule has 0 radical (unpaired) electrons. The van der Waals surface area contributed by atoms with E-state index in [2.05, 4.69) is 21.4 Å². The van der Waals surface area contributed by atoms with Crippen molar-refractivity contribution in [1.82, 2.24) is 16.3 Å². The van der Waals surface area contributed by atoms with Gasteiger partial charge in [0.25, 0.3) is 5.91 Å². The molecular formula is C21H24N4O6. The SMILES string of the molecule is CCOC(=O)N/N=C1\CCCc2oc(C(=O)NNC(=O)c3ccccc3OC)c(C)c21. The molecular weight excluding hydrogens is 404 g/mol. The summed E-state index contributed by atoms with van der Waals surface area (Å²) in [7, 11) is 1.46. The molecule has 3 rings (SSSR count). The van der Waals surface area contributed by atoms with Gasteiger partial charge in [-0.05, 0) is 38.8 Å². The number of hydrogen-bond acceptors (Lipinski definition) is 7. The monoisotopic (exact) mass is 428 g/mol. The summed E-state index contributed by atoms with van der Waals surface area (Å²) in [4.78, 5) is 36.6. The first-order valence-corrected chi connectivity index (χ1v) is 9.81. The molecule has 0 bridgehead atoms. The molecule has 0 atom stereocenters. The molecule has 0 unspecified atom stereocenters. The molecule has 164 valence electrons. The third-order valence-corrected chi connectivity index (χ3v) is 4.73. The van der Waals surface area contributed by atoms with Crippen molar-refractivity contribution >= 4 is 23.6 Å². The van der Waals surface area contributed by atoms with E-state index in [0.717, 1.165) is 6.42 Å². The van der Waals surface area contributed by atoms with Crippen molar-refractivity contribution in [3.05, 3.63) is 52.5 Å². The highest BCUT2D eigenvalue weighted by atomic mass is 16.5. The molecule has 3 amide bonds. The van der Waals surface area contributed by atoms with E-state index in [1.165, 1.54) is 7.11 Å². The predicted octanol–water partition coefficient (Wildman–Crippen LogP) is 2.46. The first kappa shape index (κ1) is 21.9. The minimum atomic E-state index is -0.653. The molecule has 0 saturated heterocycles. The van der Waals surface area contributed by atoms with Crippen LogP contribution >= 0.6 is 0 Å². The number of benzene rings is 1. The second-order valence-electron chi connectivity index (χ2n) is 6.71. The lowest BCUT2D eigenvalue weighted by Crippen LogP contribution is -2.41. The number of aryl methyl sites for hydroxylation is 1. The molecule has 3 N–H and O–H groups in total. The molecule has 31 heavy (non-hydrogen) atoms. The van der Waals surface area contributed by atoms with Crippen LogP contribution in [0.2, 0.25) is 0 Å². The van der Waals surface area contributed by atoms with Gasteiger partial charge in [0.05, 0.1) is 25.0 Å². The Morgan fingerprint density at radius 2 is 1.87 bits per heavy atom. The molecule has 0 spiro atoms. The van der Waals surface area contributed by atoms with Gasteiger partial charge in [-0.15, -0.1) is 0 Å². The third-order valence-electron chi connectivity index (χ3n) is 4.73. The van der Waals surface area contributed by atoms with Crippen LogP contribution in [-0.2, 0) is 11.2 Å². The zero-order chi connectivity index (χ0) is 22.4. The van der Waals surface area contributed by atoms with Crippen LogP contribution < -0.4 is 21.0 Å². The number of methoxy groups -OCH3 is 1. The second-order valence-corrected chi connectivity index (χ2v) is 6.71. The van der Waals surface area contributed by atoms with E-state index in [0.29, 0.717) is 41.2 Å². The molecule has 1 aromatic carbocycles. The Balaban J connectivity index is 1.74. The van der Waals surface area contributed by atoms with Crippen LogP contribution in [-0.4, -0.2) is 37.3 Å². The van der Waals surface area contributed by atoms with Crippen molar-refractivity contribution < 1.29 is 28.3 Å². The van der Waals surface area contributed by atoms with Crippen LogP contribution in [0.5, 0.6) is 5.75 Å². The summed E-state index contributed by atoms with van der Waals surface area (Å²) in [6.07, 6.45) is 1.36. The van der Waals surface area contributed by atoms with Crippen molar-refractivity contribution in [3.63, 3.8) is 0 Å². The first-order chi connectivity index (χ1) is 15.0. The summed E-state index contributed by atoms with van der Waals surface area (Å²) >= 11 is 0. The Labute approximate surface area is 178 Å². The minimum Gasteiger partial charge on any atom is -0.496 e. The Morgan fingerprint density at radius 1 is 1.13 bits per heavy atom. The first-order valence-electron chi connectivity index (χ1n) is 9.81. The summed E-state index contributed by atoms with van der Waals surface area (Å²) in [6.45, 7) is 3.66. The lowest BCUT2D eigenvalue weighted by molar-refractivity contribution is 0.0827. The number of para-hydroxylation sites is 1. The van der Waals surface area contributed by atoms with E-state index >= 15 is 0 Å². The van der Waals surface area contributed by atoms with Gasteiger partial charge in [0, 0.05) is 17.5 Å². The van der Waals surface area contributed by atoms with Crippen molar-refractivity contribution in [2.24, 2.45) is 5.10 Å². The number of fused-ring (bicyclic) bond motifs is 1. The van der Waals surface area contributed by atoms with Gasteiger partial charge in [0.15, 0.2) is 5.76 Å². The van der Waals surface area contributed by atoms with E-state index in [9.17, 15) is 14.4 Å². The van der Waals surface area contributed by atoms with E-state index in [4.69, 9.17) is 13.9 Å². The summed E-state index contributed by atoms with van der Waals surface area (Å²) in [6, 6.07) is 6.65. The van der Waals surface area contributed by atoms with Crippen LogP contribution in [0.3, 0.4) is 0 Å². The van der Waals surface area contributed by atoms with E-state index < -0.39 is 17.9 Å². The van der Waals surface area contributed by atoms with Gasteiger partial charge in [-0.3, -0.25) is 20.4 Å². The number of nitrogens with zero attached hydrogens (tertiary/aromatic N) is 1. The van der Waals surface area contributed by atoms with Gasteiger partial charge in [-0.25, -0.2) is 10.2 Å².